The second kappa shape index (κ2) is 8.39. The molecular formula is C21H20ClF3N4O2. The van der Waals surface area contributed by atoms with Crippen molar-refractivity contribution in [3.63, 3.8) is 0 Å². The van der Waals surface area contributed by atoms with Gasteiger partial charge in [-0.15, -0.1) is 0 Å². The van der Waals surface area contributed by atoms with E-state index in [4.69, 9.17) is 11.6 Å². The van der Waals surface area contributed by atoms with Crippen LogP contribution in [0.25, 0.3) is 10.9 Å². The molecule has 1 aliphatic heterocycles. The van der Waals surface area contributed by atoms with Crippen LogP contribution >= 0.6 is 11.6 Å². The van der Waals surface area contributed by atoms with Gasteiger partial charge in [0.1, 0.15) is 11.9 Å². The van der Waals surface area contributed by atoms with Crippen LogP contribution in [0.3, 0.4) is 0 Å². The standard InChI is InChI=1S/C21H20ClF3N4O2/c22-14-3-4-15-16(12-26-17(15)10-14)19(20(30)31)29-7-1-6-28(8-9-29)18-5-2-13(11-27-18)21(23,24)25/h2-5,10-12,19,26H,1,6-9H2,(H,30,31)/t19-/m0/s1. The van der Waals surface area contributed by atoms with Crippen LogP contribution in [0.4, 0.5) is 19.0 Å². The molecule has 1 atom stereocenters. The smallest absolute Gasteiger partial charge is 0.417 e. The van der Waals surface area contributed by atoms with E-state index in [-0.39, 0.29) is 0 Å². The first-order valence-electron chi connectivity index (χ1n) is 9.75. The minimum atomic E-state index is -4.43. The van der Waals surface area contributed by atoms with Gasteiger partial charge in [0.2, 0.25) is 0 Å². The highest BCUT2D eigenvalue weighted by Gasteiger charge is 2.33. The summed E-state index contributed by atoms with van der Waals surface area (Å²) in [6.45, 7) is 2.00. The number of nitrogens with one attached hydrogen (secondary N) is 1. The number of benzene rings is 1. The monoisotopic (exact) mass is 452 g/mol. The number of fused-ring (bicyclic) bond motifs is 1. The summed E-state index contributed by atoms with van der Waals surface area (Å²) in [6, 6.07) is 6.80. The molecular weight excluding hydrogens is 433 g/mol. The topological polar surface area (TPSA) is 72.5 Å². The second-order valence-electron chi connectivity index (χ2n) is 7.45. The average Bonchev–Trinajstić information content (AvgIpc) is 2.96. The number of anilines is 1. The lowest BCUT2D eigenvalue weighted by molar-refractivity contribution is -0.143. The minimum Gasteiger partial charge on any atom is -0.480 e. The van der Waals surface area contributed by atoms with Gasteiger partial charge in [-0.1, -0.05) is 17.7 Å². The Morgan fingerprint density at radius 2 is 1.97 bits per heavy atom. The van der Waals surface area contributed by atoms with Crippen molar-refractivity contribution in [2.24, 2.45) is 0 Å². The van der Waals surface area contributed by atoms with E-state index in [0.717, 1.165) is 23.2 Å². The number of carboxylic acid groups (broad SMARTS) is 1. The number of hydrogen-bond acceptors (Lipinski definition) is 4. The molecule has 10 heteroatoms. The zero-order chi connectivity index (χ0) is 22.2. The molecule has 3 aromatic rings. The number of carboxylic acids is 1. The molecule has 6 nitrogen and oxygen atoms in total. The highest BCUT2D eigenvalue weighted by atomic mass is 35.5. The van der Waals surface area contributed by atoms with Crippen molar-refractivity contribution in [2.45, 2.75) is 18.6 Å². The molecule has 4 rings (SSSR count). The average molecular weight is 453 g/mol. The maximum Gasteiger partial charge on any atom is 0.417 e. The maximum atomic E-state index is 12.8. The summed E-state index contributed by atoms with van der Waals surface area (Å²) in [5, 5.41) is 11.3. The van der Waals surface area contributed by atoms with Gasteiger partial charge in [0.25, 0.3) is 0 Å². The van der Waals surface area contributed by atoms with Gasteiger partial charge in [0.15, 0.2) is 0 Å². The fourth-order valence-corrected chi connectivity index (χ4v) is 4.17. The molecule has 0 spiro atoms. The first-order valence-corrected chi connectivity index (χ1v) is 10.1. The Labute approximate surface area is 181 Å². The van der Waals surface area contributed by atoms with Crippen LogP contribution in [0.2, 0.25) is 5.02 Å². The van der Waals surface area contributed by atoms with Gasteiger partial charge in [-0.25, -0.2) is 4.98 Å². The Hall–Kier alpha value is -2.78. The molecule has 1 aromatic carbocycles. The normalized spacial score (nSPS) is 17.0. The van der Waals surface area contributed by atoms with Gasteiger partial charge in [-0.3, -0.25) is 9.69 Å². The number of alkyl halides is 3. The zero-order valence-corrected chi connectivity index (χ0v) is 17.1. The Morgan fingerprint density at radius 3 is 2.65 bits per heavy atom. The summed E-state index contributed by atoms with van der Waals surface area (Å²) in [6.07, 6.45) is -1.25. The molecule has 0 unspecified atom stereocenters. The third-order valence-corrected chi connectivity index (χ3v) is 5.73. The van der Waals surface area contributed by atoms with Crippen LogP contribution in [0.5, 0.6) is 0 Å². The summed E-state index contributed by atoms with van der Waals surface area (Å²) in [4.78, 5) is 23.0. The van der Waals surface area contributed by atoms with Gasteiger partial charge < -0.3 is 15.0 Å². The zero-order valence-electron chi connectivity index (χ0n) is 16.4. The van der Waals surface area contributed by atoms with E-state index in [2.05, 4.69) is 9.97 Å². The summed E-state index contributed by atoms with van der Waals surface area (Å²) < 4.78 is 38.4. The highest BCUT2D eigenvalue weighted by molar-refractivity contribution is 6.31. The van der Waals surface area contributed by atoms with Crippen molar-refractivity contribution >= 4 is 34.3 Å². The SMILES string of the molecule is O=C(O)[C@H](c1c[nH]c2cc(Cl)ccc12)N1CCCN(c2ccc(C(F)(F)F)cn2)CC1. The van der Waals surface area contributed by atoms with Gasteiger partial charge in [-0.05, 0) is 30.7 Å². The molecule has 1 aliphatic rings. The minimum absolute atomic E-state index is 0.430. The predicted octanol–water partition coefficient (Wildman–Crippen LogP) is 4.57. The van der Waals surface area contributed by atoms with Crippen LogP contribution < -0.4 is 4.90 Å². The van der Waals surface area contributed by atoms with Gasteiger partial charge in [0, 0.05) is 60.1 Å². The third-order valence-electron chi connectivity index (χ3n) is 5.50. The Morgan fingerprint density at radius 1 is 1.16 bits per heavy atom. The first-order chi connectivity index (χ1) is 14.7. The molecule has 0 amide bonds. The van der Waals surface area contributed by atoms with Crippen LogP contribution in [0.1, 0.15) is 23.6 Å². The van der Waals surface area contributed by atoms with Crippen molar-refractivity contribution in [1.82, 2.24) is 14.9 Å². The number of carbonyl (C=O) groups is 1. The first kappa shape index (κ1) is 21.5. The Balaban J connectivity index is 1.54. The number of H-pyrrole nitrogens is 1. The Bertz CT molecular complexity index is 1080. The van der Waals surface area contributed by atoms with Gasteiger partial charge in [-0.2, -0.15) is 13.2 Å². The molecule has 164 valence electrons. The van der Waals surface area contributed by atoms with Crippen LogP contribution in [-0.2, 0) is 11.0 Å². The number of aliphatic carboxylic acids is 1. The number of halogens is 4. The number of aromatic amines is 1. The summed E-state index contributed by atoms with van der Waals surface area (Å²) in [5.41, 5.74) is 0.623. The quantitative estimate of drug-likeness (QED) is 0.606. The molecule has 0 bridgehead atoms. The summed E-state index contributed by atoms with van der Waals surface area (Å²) >= 11 is 6.03. The predicted molar refractivity (Wildman–Crippen MR) is 111 cm³/mol. The van der Waals surface area contributed by atoms with Crippen molar-refractivity contribution in [1.29, 1.82) is 0 Å². The number of rotatable bonds is 4. The molecule has 3 heterocycles. The molecule has 0 saturated carbocycles. The second-order valence-corrected chi connectivity index (χ2v) is 7.89. The van der Waals surface area contributed by atoms with E-state index in [9.17, 15) is 23.1 Å². The molecule has 1 fully saturated rings. The molecule has 2 aromatic heterocycles. The number of pyridine rings is 1. The van der Waals surface area contributed by atoms with Crippen LogP contribution in [-0.4, -0.2) is 52.1 Å². The van der Waals surface area contributed by atoms with Crippen molar-refractivity contribution < 1.29 is 23.1 Å². The largest absolute Gasteiger partial charge is 0.480 e. The van der Waals surface area contributed by atoms with Crippen LogP contribution in [0.15, 0.2) is 42.7 Å². The van der Waals surface area contributed by atoms with Gasteiger partial charge in [0.05, 0.1) is 5.56 Å². The third kappa shape index (κ3) is 4.47. The van der Waals surface area contributed by atoms with E-state index in [0.29, 0.717) is 49.0 Å². The van der Waals surface area contributed by atoms with Crippen molar-refractivity contribution in [3.8, 4) is 0 Å². The van der Waals surface area contributed by atoms with Crippen molar-refractivity contribution in [3.05, 3.63) is 58.9 Å². The van der Waals surface area contributed by atoms with E-state index in [1.807, 2.05) is 9.80 Å². The lowest BCUT2D eigenvalue weighted by Gasteiger charge is -2.27. The fourth-order valence-electron chi connectivity index (χ4n) is 4.00. The molecule has 0 radical (unpaired) electrons. The molecule has 31 heavy (non-hydrogen) atoms. The molecule has 0 aliphatic carbocycles. The van der Waals surface area contributed by atoms with Gasteiger partial charge >= 0.3 is 12.1 Å². The highest BCUT2D eigenvalue weighted by Crippen LogP contribution is 2.32. The lowest BCUT2D eigenvalue weighted by atomic mass is 10.0. The van der Waals surface area contributed by atoms with E-state index in [1.54, 1.807) is 24.4 Å². The fraction of sp³-hybridized carbons (Fsp3) is 0.333. The van der Waals surface area contributed by atoms with Crippen molar-refractivity contribution in [2.75, 3.05) is 31.1 Å². The van der Waals surface area contributed by atoms with E-state index >= 15 is 0 Å². The number of hydrogen-bond donors (Lipinski definition) is 2. The van der Waals surface area contributed by atoms with E-state index in [1.165, 1.54) is 6.07 Å². The number of nitrogens with zero attached hydrogens (tertiary/aromatic N) is 3. The Kier molecular flexibility index (Phi) is 5.81. The maximum absolute atomic E-state index is 12.8. The van der Waals surface area contributed by atoms with E-state index < -0.39 is 23.8 Å². The lowest BCUT2D eigenvalue weighted by Crippen LogP contribution is -2.37. The summed E-state index contributed by atoms with van der Waals surface area (Å²) in [7, 11) is 0. The molecule has 2 N–H and O–H groups in total. The molecule has 1 saturated heterocycles. The summed E-state index contributed by atoms with van der Waals surface area (Å²) in [5.74, 6) is -0.514. The van der Waals surface area contributed by atoms with Crippen LogP contribution in [0, 0.1) is 0 Å². The number of aromatic nitrogens is 2.